The molecule has 0 spiro atoms. The summed E-state index contributed by atoms with van der Waals surface area (Å²) in [5.41, 5.74) is 0.378. The second-order valence-corrected chi connectivity index (χ2v) is 7.71. The molecule has 0 bridgehead atoms. The lowest BCUT2D eigenvalue weighted by Crippen LogP contribution is -2.43. The smallest absolute Gasteiger partial charge is 0.253 e. The zero-order chi connectivity index (χ0) is 17.3. The van der Waals surface area contributed by atoms with Gasteiger partial charge in [0, 0.05) is 35.1 Å². The summed E-state index contributed by atoms with van der Waals surface area (Å²) in [4.78, 5) is 20.1. The maximum Gasteiger partial charge on any atom is 0.253 e. The topological polar surface area (TPSA) is 42.4 Å². The second-order valence-electron chi connectivity index (χ2n) is 6.48. The third-order valence-corrected chi connectivity index (χ3v) is 5.91. The van der Waals surface area contributed by atoms with E-state index in [0.717, 1.165) is 17.8 Å². The van der Waals surface area contributed by atoms with Crippen molar-refractivity contribution in [3.05, 3.63) is 45.7 Å². The fourth-order valence-corrected chi connectivity index (χ4v) is 4.00. The molecule has 0 saturated carbocycles. The van der Waals surface area contributed by atoms with Crippen molar-refractivity contribution in [3.63, 3.8) is 0 Å². The number of hydrogen-bond donors (Lipinski definition) is 0. The van der Waals surface area contributed by atoms with Crippen LogP contribution < -0.4 is 4.74 Å². The first-order valence-corrected chi connectivity index (χ1v) is 8.80. The maximum absolute atomic E-state index is 13.8. The number of likely N-dealkylation sites (tertiary alicyclic amines) is 1. The predicted molar refractivity (Wildman–Crippen MR) is 92.3 cm³/mol. The molecule has 1 saturated heterocycles. The van der Waals surface area contributed by atoms with Crippen molar-refractivity contribution in [1.29, 1.82) is 0 Å². The Morgan fingerprint density at radius 3 is 2.62 bits per heavy atom. The highest BCUT2D eigenvalue weighted by Gasteiger charge is 2.35. The number of piperidine rings is 1. The number of benzene rings is 1. The minimum atomic E-state index is -0.511. The van der Waals surface area contributed by atoms with Gasteiger partial charge in [0.1, 0.15) is 0 Å². The number of thiazole rings is 1. The molecule has 1 aromatic heterocycles. The molecule has 4 nitrogen and oxygen atoms in total. The average Bonchev–Trinajstić information content (AvgIpc) is 3.02. The summed E-state index contributed by atoms with van der Waals surface area (Å²) in [6, 6.07) is 4.36. The van der Waals surface area contributed by atoms with Gasteiger partial charge in [-0.3, -0.25) is 4.79 Å². The minimum absolute atomic E-state index is 0.0147. The molecular weight excluding hydrogens is 327 g/mol. The Bertz CT molecular complexity index is 751. The van der Waals surface area contributed by atoms with Gasteiger partial charge in [0.2, 0.25) is 0 Å². The number of rotatable bonds is 3. The van der Waals surface area contributed by atoms with Crippen molar-refractivity contribution in [2.45, 2.75) is 32.1 Å². The molecular formula is C18H21FN2O2S. The van der Waals surface area contributed by atoms with Gasteiger partial charge < -0.3 is 9.64 Å². The Morgan fingerprint density at radius 2 is 2.08 bits per heavy atom. The summed E-state index contributed by atoms with van der Waals surface area (Å²) < 4.78 is 18.7. The molecule has 1 aliphatic heterocycles. The van der Waals surface area contributed by atoms with Crippen LogP contribution in [0.5, 0.6) is 5.75 Å². The highest BCUT2D eigenvalue weighted by atomic mass is 32.1. The summed E-state index contributed by atoms with van der Waals surface area (Å²) in [6.07, 6.45) is 3.64. The van der Waals surface area contributed by atoms with Crippen LogP contribution in [-0.4, -0.2) is 36.0 Å². The van der Waals surface area contributed by atoms with Gasteiger partial charge in [-0.2, -0.15) is 0 Å². The Balaban J connectivity index is 1.70. The van der Waals surface area contributed by atoms with Crippen LogP contribution in [0.3, 0.4) is 0 Å². The van der Waals surface area contributed by atoms with Crippen LogP contribution in [0.15, 0.2) is 24.4 Å². The van der Waals surface area contributed by atoms with Crippen molar-refractivity contribution >= 4 is 17.2 Å². The number of halogens is 1. The highest BCUT2D eigenvalue weighted by molar-refractivity contribution is 7.11. The van der Waals surface area contributed by atoms with E-state index in [4.69, 9.17) is 4.74 Å². The lowest BCUT2D eigenvalue weighted by atomic mass is 9.81. The first-order chi connectivity index (χ1) is 11.4. The van der Waals surface area contributed by atoms with Gasteiger partial charge in [-0.1, -0.05) is 6.92 Å². The summed E-state index contributed by atoms with van der Waals surface area (Å²) in [6.45, 7) is 5.57. The standard InChI is InChI=1S/C18H21FN2O2S/c1-12-11-20-17(24-12)18(2)6-8-21(9-7-18)16(22)13-4-5-15(23-3)14(19)10-13/h4-5,10-11H,6-9H2,1-3H3. The van der Waals surface area contributed by atoms with E-state index in [1.54, 1.807) is 22.3 Å². The summed E-state index contributed by atoms with van der Waals surface area (Å²) in [7, 11) is 1.41. The molecule has 24 heavy (non-hydrogen) atoms. The molecule has 3 rings (SSSR count). The molecule has 0 radical (unpaired) electrons. The lowest BCUT2D eigenvalue weighted by Gasteiger charge is -2.38. The molecule has 1 fully saturated rings. The fourth-order valence-electron chi connectivity index (χ4n) is 3.03. The van der Waals surface area contributed by atoms with Gasteiger partial charge in [0.05, 0.1) is 12.1 Å². The van der Waals surface area contributed by atoms with Crippen LogP contribution in [0.4, 0.5) is 4.39 Å². The van der Waals surface area contributed by atoms with E-state index in [9.17, 15) is 9.18 Å². The molecule has 0 unspecified atom stereocenters. The fraction of sp³-hybridized carbons (Fsp3) is 0.444. The molecule has 2 aromatic rings. The van der Waals surface area contributed by atoms with Crippen molar-refractivity contribution in [3.8, 4) is 5.75 Å². The Kier molecular flexibility index (Phi) is 4.58. The normalized spacial score (nSPS) is 16.9. The zero-order valence-electron chi connectivity index (χ0n) is 14.1. The number of carbonyl (C=O) groups is 1. The first kappa shape index (κ1) is 16.9. The molecule has 1 amide bonds. The van der Waals surface area contributed by atoms with Gasteiger partial charge in [-0.05, 0) is 38.0 Å². The Hall–Kier alpha value is -1.95. The van der Waals surface area contributed by atoms with Crippen LogP contribution in [-0.2, 0) is 5.41 Å². The number of ether oxygens (including phenoxy) is 1. The molecule has 1 aromatic carbocycles. The van der Waals surface area contributed by atoms with Crippen LogP contribution in [0.1, 0.15) is 40.0 Å². The van der Waals surface area contributed by atoms with Gasteiger partial charge in [0.15, 0.2) is 11.6 Å². The van der Waals surface area contributed by atoms with Crippen LogP contribution >= 0.6 is 11.3 Å². The third-order valence-electron chi connectivity index (χ3n) is 4.69. The number of methoxy groups -OCH3 is 1. The van der Waals surface area contributed by atoms with Gasteiger partial charge >= 0.3 is 0 Å². The SMILES string of the molecule is COc1ccc(C(=O)N2CCC(C)(c3ncc(C)s3)CC2)cc1F. The van der Waals surface area contributed by atoms with E-state index in [2.05, 4.69) is 18.8 Å². The number of carbonyl (C=O) groups excluding carboxylic acids is 1. The van der Waals surface area contributed by atoms with E-state index in [-0.39, 0.29) is 17.1 Å². The number of amides is 1. The van der Waals surface area contributed by atoms with E-state index in [1.807, 2.05) is 6.20 Å². The Labute approximate surface area is 145 Å². The quantitative estimate of drug-likeness (QED) is 0.847. The summed E-state index contributed by atoms with van der Waals surface area (Å²) >= 11 is 1.73. The molecule has 0 N–H and O–H groups in total. The number of nitrogens with zero attached hydrogens (tertiary/aromatic N) is 2. The molecule has 2 heterocycles. The molecule has 128 valence electrons. The van der Waals surface area contributed by atoms with Crippen molar-refractivity contribution in [2.75, 3.05) is 20.2 Å². The number of aromatic nitrogens is 1. The molecule has 0 aliphatic carbocycles. The van der Waals surface area contributed by atoms with E-state index < -0.39 is 5.82 Å². The van der Waals surface area contributed by atoms with Crippen LogP contribution in [0.25, 0.3) is 0 Å². The number of hydrogen-bond acceptors (Lipinski definition) is 4. The van der Waals surface area contributed by atoms with Crippen molar-refractivity contribution in [1.82, 2.24) is 9.88 Å². The van der Waals surface area contributed by atoms with Gasteiger partial charge in [-0.25, -0.2) is 9.37 Å². The van der Waals surface area contributed by atoms with Crippen LogP contribution in [0.2, 0.25) is 0 Å². The monoisotopic (exact) mass is 348 g/mol. The van der Waals surface area contributed by atoms with E-state index >= 15 is 0 Å². The average molecular weight is 348 g/mol. The third kappa shape index (κ3) is 3.15. The van der Waals surface area contributed by atoms with Gasteiger partial charge in [-0.15, -0.1) is 11.3 Å². The lowest BCUT2D eigenvalue weighted by molar-refractivity contribution is 0.0675. The minimum Gasteiger partial charge on any atom is -0.494 e. The van der Waals surface area contributed by atoms with Crippen LogP contribution in [0, 0.1) is 12.7 Å². The first-order valence-electron chi connectivity index (χ1n) is 7.99. The molecule has 1 aliphatic rings. The molecule has 0 atom stereocenters. The highest BCUT2D eigenvalue weighted by Crippen LogP contribution is 2.37. The van der Waals surface area contributed by atoms with Crippen molar-refractivity contribution in [2.24, 2.45) is 0 Å². The van der Waals surface area contributed by atoms with Crippen molar-refractivity contribution < 1.29 is 13.9 Å². The summed E-state index contributed by atoms with van der Waals surface area (Å²) in [5.74, 6) is -0.491. The second kappa shape index (κ2) is 6.51. The zero-order valence-corrected chi connectivity index (χ0v) is 15.0. The van der Waals surface area contributed by atoms with E-state index in [1.165, 1.54) is 24.1 Å². The molecule has 6 heteroatoms. The Morgan fingerprint density at radius 1 is 1.38 bits per heavy atom. The largest absolute Gasteiger partial charge is 0.494 e. The van der Waals surface area contributed by atoms with E-state index in [0.29, 0.717) is 18.7 Å². The number of aryl methyl sites for hydroxylation is 1. The van der Waals surface area contributed by atoms with Gasteiger partial charge in [0.25, 0.3) is 5.91 Å². The predicted octanol–water partition coefficient (Wildman–Crippen LogP) is 3.79. The summed E-state index contributed by atoms with van der Waals surface area (Å²) in [5, 5.41) is 1.14. The maximum atomic E-state index is 13.8.